The fourth-order valence-corrected chi connectivity index (χ4v) is 3.04. The van der Waals surface area contributed by atoms with Gasteiger partial charge in [-0.2, -0.15) is 0 Å². The lowest BCUT2D eigenvalue weighted by Gasteiger charge is -2.26. The summed E-state index contributed by atoms with van der Waals surface area (Å²) >= 11 is 1.33. The van der Waals surface area contributed by atoms with Crippen LogP contribution in [0.2, 0.25) is 0 Å². The van der Waals surface area contributed by atoms with Crippen LogP contribution in [-0.2, 0) is 10.5 Å². The number of thioether (sulfide) groups is 1. The Morgan fingerprint density at radius 2 is 1.95 bits per heavy atom. The van der Waals surface area contributed by atoms with Crippen molar-refractivity contribution in [2.45, 2.75) is 25.0 Å². The molecule has 1 aliphatic rings. The number of hydrogen-bond acceptors (Lipinski definition) is 2. The molecule has 104 valence electrons. The molecular weight excluding hydrogens is 268 g/mol. The third-order valence-corrected chi connectivity index (χ3v) is 4.19. The predicted molar refractivity (Wildman–Crippen MR) is 73.0 cm³/mol. The second-order valence-electron chi connectivity index (χ2n) is 4.65. The van der Waals surface area contributed by atoms with E-state index in [1.54, 1.807) is 6.07 Å². The van der Waals surface area contributed by atoms with Gasteiger partial charge in [0.05, 0.1) is 5.75 Å². The number of carbonyl (C=O) groups is 1. The van der Waals surface area contributed by atoms with Gasteiger partial charge < -0.3 is 4.90 Å². The highest BCUT2D eigenvalue weighted by molar-refractivity contribution is 7.99. The summed E-state index contributed by atoms with van der Waals surface area (Å²) in [5.74, 6) is -0.888. The van der Waals surface area contributed by atoms with E-state index in [4.69, 9.17) is 0 Å². The first-order chi connectivity index (χ1) is 9.18. The third-order valence-electron chi connectivity index (χ3n) is 3.22. The van der Waals surface area contributed by atoms with Gasteiger partial charge in [0.2, 0.25) is 5.91 Å². The number of likely N-dealkylation sites (tertiary alicyclic amines) is 1. The average Bonchev–Trinajstić information content (AvgIpc) is 2.44. The van der Waals surface area contributed by atoms with Gasteiger partial charge in [-0.1, -0.05) is 12.1 Å². The Labute approximate surface area is 116 Å². The Balaban J connectivity index is 1.79. The molecule has 1 aliphatic heterocycles. The molecule has 2 nitrogen and oxygen atoms in total. The molecule has 1 heterocycles. The maximum Gasteiger partial charge on any atom is 0.232 e. The summed E-state index contributed by atoms with van der Waals surface area (Å²) in [6.07, 6.45) is 3.31. The molecule has 0 atom stereocenters. The Kier molecular flexibility index (Phi) is 5.19. The summed E-state index contributed by atoms with van der Waals surface area (Å²) in [7, 11) is 0. The van der Waals surface area contributed by atoms with Crippen LogP contribution in [0.15, 0.2) is 18.2 Å². The van der Waals surface area contributed by atoms with Crippen molar-refractivity contribution in [2.75, 3.05) is 18.8 Å². The number of piperidine rings is 1. The molecule has 1 saturated heterocycles. The monoisotopic (exact) mass is 285 g/mol. The van der Waals surface area contributed by atoms with Gasteiger partial charge in [-0.05, 0) is 25.3 Å². The first kappa shape index (κ1) is 14.3. The number of carbonyl (C=O) groups excluding carboxylic acids is 1. The van der Waals surface area contributed by atoms with E-state index in [1.807, 2.05) is 4.90 Å². The zero-order chi connectivity index (χ0) is 13.7. The minimum absolute atomic E-state index is 0.0986. The molecule has 0 saturated carbocycles. The van der Waals surface area contributed by atoms with Crippen molar-refractivity contribution in [2.24, 2.45) is 0 Å². The van der Waals surface area contributed by atoms with E-state index in [2.05, 4.69) is 0 Å². The SMILES string of the molecule is O=C(CSCc1cccc(F)c1F)N1CCCCC1. The molecule has 1 aromatic carbocycles. The molecule has 1 fully saturated rings. The molecule has 0 aliphatic carbocycles. The first-order valence-electron chi connectivity index (χ1n) is 6.47. The second-order valence-corrected chi connectivity index (χ2v) is 5.63. The van der Waals surface area contributed by atoms with Crippen LogP contribution in [0.25, 0.3) is 0 Å². The topological polar surface area (TPSA) is 20.3 Å². The summed E-state index contributed by atoms with van der Waals surface area (Å²) in [4.78, 5) is 13.7. The Bertz CT molecular complexity index is 447. The minimum atomic E-state index is -0.833. The van der Waals surface area contributed by atoms with Crippen LogP contribution in [0.4, 0.5) is 8.78 Å². The van der Waals surface area contributed by atoms with Crippen LogP contribution in [-0.4, -0.2) is 29.6 Å². The van der Waals surface area contributed by atoms with E-state index in [9.17, 15) is 13.6 Å². The summed E-state index contributed by atoms with van der Waals surface area (Å²) < 4.78 is 26.4. The molecule has 0 spiro atoms. The van der Waals surface area contributed by atoms with E-state index in [0.717, 1.165) is 32.0 Å². The summed E-state index contributed by atoms with van der Waals surface area (Å²) in [6, 6.07) is 4.14. The standard InChI is InChI=1S/C14H17F2NOS/c15-12-6-4-5-11(14(12)16)9-19-10-13(18)17-7-2-1-3-8-17/h4-6H,1-3,7-10H2. The zero-order valence-electron chi connectivity index (χ0n) is 10.7. The van der Waals surface area contributed by atoms with Crippen LogP contribution >= 0.6 is 11.8 Å². The molecule has 0 unspecified atom stereocenters. The van der Waals surface area contributed by atoms with Crippen LogP contribution in [0, 0.1) is 11.6 Å². The van der Waals surface area contributed by atoms with E-state index in [1.165, 1.54) is 24.2 Å². The molecule has 1 amide bonds. The van der Waals surface area contributed by atoms with E-state index in [0.29, 0.717) is 17.1 Å². The molecule has 1 aromatic rings. The highest BCUT2D eigenvalue weighted by atomic mass is 32.2. The fraction of sp³-hybridized carbons (Fsp3) is 0.500. The zero-order valence-corrected chi connectivity index (χ0v) is 11.5. The van der Waals surface area contributed by atoms with E-state index < -0.39 is 11.6 Å². The number of amides is 1. The van der Waals surface area contributed by atoms with Gasteiger partial charge in [0.25, 0.3) is 0 Å². The van der Waals surface area contributed by atoms with Crippen molar-refractivity contribution in [3.63, 3.8) is 0 Å². The molecule has 0 aromatic heterocycles. The van der Waals surface area contributed by atoms with Crippen molar-refractivity contribution < 1.29 is 13.6 Å². The van der Waals surface area contributed by atoms with E-state index >= 15 is 0 Å². The fourth-order valence-electron chi connectivity index (χ4n) is 2.14. The lowest BCUT2D eigenvalue weighted by molar-refractivity contribution is -0.129. The lowest BCUT2D eigenvalue weighted by Crippen LogP contribution is -2.36. The first-order valence-corrected chi connectivity index (χ1v) is 7.62. The van der Waals surface area contributed by atoms with Crippen LogP contribution in [0.1, 0.15) is 24.8 Å². The molecule has 0 bridgehead atoms. The summed E-state index contributed by atoms with van der Waals surface area (Å²) in [5.41, 5.74) is 0.316. The van der Waals surface area contributed by atoms with Gasteiger partial charge in [0.15, 0.2) is 11.6 Å². The highest BCUT2D eigenvalue weighted by Crippen LogP contribution is 2.19. The minimum Gasteiger partial charge on any atom is -0.342 e. The lowest BCUT2D eigenvalue weighted by atomic mass is 10.1. The molecule has 5 heteroatoms. The Hall–Kier alpha value is -1.10. The molecule has 19 heavy (non-hydrogen) atoms. The molecule has 0 radical (unpaired) electrons. The molecular formula is C14H17F2NOS. The second kappa shape index (κ2) is 6.89. The normalized spacial score (nSPS) is 15.6. The van der Waals surface area contributed by atoms with Crippen LogP contribution < -0.4 is 0 Å². The van der Waals surface area contributed by atoms with Crippen LogP contribution in [0.5, 0.6) is 0 Å². The number of halogens is 2. The summed E-state index contributed by atoms with van der Waals surface area (Å²) in [5, 5.41) is 0. The molecule has 2 rings (SSSR count). The van der Waals surface area contributed by atoms with Crippen molar-refractivity contribution in [3.05, 3.63) is 35.4 Å². The van der Waals surface area contributed by atoms with Crippen molar-refractivity contribution in [1.29, 1.82) is 0 Å². The maximum absolute atomic E-state index is 13.4. The predicted octanol–water partition coefficient (Wildman–Crippen LogP) is 3.21. The summed E-state index contributed by atoms with van der Waals surface area (Å²) in [6.45, 7) is 1.65. The van der Waals surface area contributed by atoms with Gasteiger partial charge in [0, 0.05) is 24.4 Å². The van der Waals surface area contributed by atoms with Crippen molar-refractivity contribution in [1.82, 2.24) is 4.90 Å². The van der Waals surface area contributed by atoms with Gasteiger partial charge in [-0.25, -0.2) is 8.78 Å². The average molecular weight is 285 g/mol. The third kappa shape index (κ3) is 3.93. The number of hydrogen-bond donors (Lipinski definition) is 0. The van der Waals surface area contributed by atoms with Gasteiger partial charge in [-0.15, -0.1) is 11.8 Å². The van der Waals surface area contributed by atoms with Crippen LogP contribution in [0.3, 0.4) is 0 Å². The maximum atomic E-state index is 13.4. The van der Waals surface area contributed by atoms with Gasteiger partial charge >= 0.3 is 0 Å². The smallest absolute Gasteiger partial charge is 0.232 e. The highest BCUT2D eigenvalue weighted by Gasteiger charge is 2.16. The number of rotatable bonds is 4. The Morgan fingerprint density at radius 1 is 1.21 bits per heavy atom. The number of nitrogens with zero attached hydrogens (tertiary/aromatic N) is 1. The van der Waals surface area contributed by atoms with Gasteiger partial charge in [-0.3, -0.25) is 4.79 Å². The quantitative estimate of drug-likeness (QED) is 0.846. The van der Waals surface area contributed by atoms with Crippen molar-refractivity contribution in [3.8, 4) is 0 Å². The van der Waals surface area contributed by atoms with E-state index in [-0.39, 0.29) is 5.91 Å². The Morgan fingerprint density at radius 3 is 2.68 bits per heavy atom. The van der Waals surface area contributed by atoms with Gasteiger partial charge in [0.1, 0.15) is 0 Å². The van der Waals surface area contributed by atoms with Crippen molar-refractivity contribution >= 4 is 17.7 Å². The number of benzene rings is 1. The largest absolute Gasteiger partial charge is 0.342 e. The molecule has 0 N–H and O–H groups in total.